The molecule has 0 saturated carbocycles. The van der Waals surface area contributed by atoms with Crippen LogP contribution in [0.15, 0.2) is 65.6 Å². The fraction of sp³-hybridized carbons (Fsp3) is 0.294. The molecule has 0 heterocycles. The summed E-state index contributed by atoms with van der Waals surface area (Å²) in [6, 6.07) is 20.9. The Balaban J connectivity index is 2.17. The number of benzene rings is 2. The minimum atomic E-state index is 0.0615. The molecule has 0 aromatic heterocycles. The van der Waals surface area contributed by atoms with E-state index in [0.29, 0.717) is 11.2 Å². The van der Waals surface area contributed by atoms with E-state index in [-0.39, 0.29) is 6.04 Å². The van der Waals surface area contributed by atoms with Crippen molar-refractivity contribution in [3.05, 3.63) is 66.2 Å². The first-order valence-electron chi connectivity index (χ1n) is 6.70. The number of nitrogens with two attached hydrogens (primary N) is 1. The molecule has 2 aromatic rings. The minimum absolute atomic E-state index is 0.0615. The van der Waals surface area contributed by atoms with Gasteiger partial charge in [-0.1, -0.05) is 62.4 Å². The molecule has 2 N–H and O–H groups in total. The molecule has 0 radical (unpaired) electrons. The first-order valence-corrected chi connectivity index (χ1v) is 7.58. The molecule has 0 aliphatic heterocycles. The zero-order valence-electron chi connectivity index (χ0n) is 11.5. The van der Waals surface area contributed by atoms with Crippen molar-refractivity contribution < 1.29 is 0 Å². The molecule has 19 heavy (non-hydrogen) atoms. The van der Waals surface area contributed by atoms with Gasteiger partial charge in [0.15, 0.2) is 0 Å². The van der Waals surface area contributed by atoms with Gasteiger partial charge in [-0.2, -0.15) is 0 Å². The zero-order valence-corrected chi connectivity index (χ0v) is 12.3. The summed E-state index contributed by atoms with van der Waals surface area (Å²) in [6.07, 6.45) is 0. The lowest BCUT2D eigenvalue weighted by Gasteiger charge is -2.27. The van der Waals surface area contributed by atoms with Crippen LogP contribution < -0.4 is 5.73 Å². The predicted molar refractivity (Wildman–Crippen MR) is 84.3 cm³/mol. The van der Waals surface area contributed by atoms with E-state index in [2.05, 4.69) is 62.4 Å². The highest BCUT2D eigenvalue weighted by molar-refractivity contribution is 8.00. The molecule has 2 aromatic carbocycles. The Morgan fingerprint density at radius 3 is 1.89 bits per heavy atom. The van der Waals surface area contributed by atoms with E-state index in [9.17, 15) is 0 Å². The van der Waals surface area contributed by atoms with Crippen molar-refractivity contribution in [2.75, 3.05) is 0 Å². The van der Waals surface area contributed by atoms with Gasteiger partial charge < -0.3 is 5.73 Å². The monoisotopic (exact) mass is 271 g/mol. The lowest BCUT2D eigenvalue weighted by Crippen LogP contribution is -2.28. The number of hydrogen-bond donors (Lipinski definition) is 1. The SMILES string of the molecule is CC(C)C(Sc1ccccc1)C(N)c1ccccc1. The van der Waals surface area contributed by atoms with Crippen molar-refractivity contribution >= 4 is 11.8 Å². The molecule has 0 fully saturated rings. The molecule has 1 nitrogen and oxygen atoms in total. The van der Waals surface area contributed by atoms with Crippen LogP contribution >= 0.6 is 11.8 Å². The highest BCUT2D eigenvalue weighted by Crippen LogP contribution is 2.35. The average molecular weight is 271 g/mol. The van der Waals surface area contributed by atoms with Gasteiger partial charge in [0.1, 0.15) is 0 Å². The van der Waals surface area contributed by atoms with E-state index in [4.69, 9.17) is 5.73 Å². The molecule has 0 spiro atoms. The van der Waals surface area contributed by atoms with Crippen LogP contribution in [-0.4, -0.2) is 5.25 Å². The maximum absolute atomic E-state index is 6.47. The third-order valence-corrected chi connectivity index (χ3v) is 4.86. The maximum Gasteiger partial charge on any atom is 0.0421 e. The third-order valence-electron chi connectivity index (χ3n) is 3.21. The largest absolute Gasteiger partial charge is 0.323 e. The summed E-state index contributed by atoms with van der Waals surface area (Å²) < 4.78 is 0. The van der Waals surface area contributed by atoms with Gasteiger partial charge in [-0.25, -0.2) is 0 Å². The fourth-order valence-corrected chi connectivity index (χ4v) is 3.35. The lowest BCUT2D eigenvalue weighted by atomic mass is 9.97. The van der Waals surface area contributed by atoms with Crippen molar-refractivity contribution in [2.24, 2.45) is 11.7 Å². The maximum atomic E-state index is 6.47. The van der Waals surface area contributed by atoms with Gasteiger partial charge in [0.05, 0.1) is 0 Å². The van der Waals surface area contributed by atoms with Gasteiger partial charge >= 0.3 is 0 Å². The number of thioether (sulfide) groups is 1. The van der Waals surface area contributed by atoms with Crippen molar-refractivity contribution in [1.82, 2.24) is 0 Å². The second-order valence-corrected chi connectivity index (χ2v) is 6.33. The molecule has 100 valence electrons. The second-order valence-electron chi connectivity index (χ2n) is 5.08. The van der Waals surface area contributed by atoms with Gasteiger partial charge in [-0.05, 0) is 23.6 Å². The minimum Gasteiger partial charge on any atom is -0.323 e. The summed E-state index contributed by atoms with van der Waals surface area (Å²) in [5.74, 6) is 0.528. The van der Waals surface area contributed by atoms with Crippen LogP contribution in [0.3, 0.4) is 0 Å². The Kier molecular flexibility index (Phi) is 5.06. The van der Waals surface area contributed by atoms with Crippen molar-refractivity contribution in [1.29, 1.82) is 0 Å². The Morgan fingerprint density at radius 1 is 0.842 bits per heavy atom. The Labute approximate surface area is 120 Å². The Bertz CT molecular complexity index is 481. The Hall–Kier alpha value is -1.25. The topological polar surface area (TPSA) is 26.0 Å². The second kappa shape index (κ2) is 6.78. The molecule has 0 saturated heterocycles. The van der Waals surface area contributed by atoms with Crippen LogP contribution in [-0.2, 0) is 0 Å². The normalized spacial score (nSPS) is 14.3. The first-order chi connectivity index (χ1) is 9.18. The predicted octanol–water partition coefficient (Wildman–Crippen LogP) is 4.50. The van der Waals surface area contributed by atoms with Gasteiger partial charge in [0.25, 0.3) is 0 Å². The van der Waals surface area contributed by atoms with E-state index in [1.54, 1.807) is 0 Å². The van der Waals surface area contributed by atoms with Gasteiger partial charge in [0.2, 0.25) is 0 Å². The molecule has 2 unspecified atom stereocenters. The van der Waals surface area contributed by atoms with Crippen molar-refractivity contribution in [3.63, 3.8) is 0 Å². The van der Waals surface area contributed by atoms with E-state index in [1.807, 2.05) is 23.9 Å². The zero-order chi connectivity index (χ0) is 13.7. The summed E-state index contributed by atoms with van der Waals surface area (Å²) in [5.41, 5.74) is 7.68. The summed E-state index contributed by atoms with van der Waals surface area (Å²) in [5, 5.41) is 0.379. The number of rotatable bonds is 5. The highest BCUT2D eigenvalue weighted by Gasteiger charge is 2.23. The summed E-state index contributed by atoms with van der Waals surface area (Å²) in [7, 11) is 0. The van der Waals surface area contributed by atoms with Gasteiger partial charge in [-0.3, -0.25) is 0 Å². The van der Waals surface area contributed by atoms with Crippen LogP contribution in [0.25, 0.3) is 0 Å². The molecular weight excluding hydrogens is 250 g/mol. The molecule has 2 atom stereocenters. The van der Waals surface area contributed by atoms with Crippen LogP contribution in [0.2, 0.25) is 0 Å². The van der Waals surface area contributed by atoms with Crippen molar-refractivity contribution in [3.8, 4) is 0 Å². The first kappa shape index (κ1) is 14.2. The van der Waals surface area contributed by atoms with E-state index in [1.165, 1.54) is 10.5 Å². The molecule has 2 rings (SSSR count). The van der Waals surface area contributed by atoms with Crippen LogP contribution in [0.4, 0.5) is 0 Å². The molecule has 0 bridgehead atoms. The highest BCUT2D eigenvalue weighted by atomic mass is 32.2. The van der Waals surface area contributed by atoms with Crippen LogP contribution in [0.1, 0.15) is 25.5 Å². The average Bonchev–Trinajstić information content (AvgIpc) is 2.46. The summed E-state index contributed by atoms with van der Waals surface area (Å²) >= 11 is 1.87. The van der Waals surface area contributed by atoms with E-state index < -0.39 is 0 Å². The fourth-order valence-electron chi connectivity index (χ4n) is 2.15. The molecule has 0 amide bonds. The van der Waals surface area contributed by atoms with Gasteiger partial charge in [0, 0.05) is 16.2 Å². The molecular formula is C17H21NS. The molecule has 2 heteroatoms. The smallest absolute Gasteiger partial charge is 0.0421 e. The van der Waals surface area contributed by atoms with Crippen molar-refractivity contribution in [2.45, 2.75) is 30.0 Å². The van der Waals surface area contributed by atoms with Crippen LogP contribution in [0.5, 0.6) is 0 Å². The molecule has 0 aliphatic carbocycles. The van der Waals surface area contributed by atoms with E-state index >= 15 is 0 Å². The number of hydrogen-bond acceptors (Lipinski definition) is 2. The quantitative estimate of drug-likeness (QED) is 0.810. The van der Waals surface area contributed by atoms with E-state index in [0.717, 1.165) is 0 Å². The summed E-state index contributed by atoms with van der Waals surface area (Å²) in [4.78, 5) is 1.28. The van der Waals surface area contributed by atoms with Gasteiger partial charge in [-0.15, -0.1) is 11.8 Å². The lowest BCUT2D eigenvalue weighted by molar-refractivity contribution is 0.527. The summed E-state index contributed by atoms with van der Waals surface area (Å²) in [6.45, 7) is 4.48. The Morgan fingerprint density at radius 2 is 1.37 bits per heavy atom. The third kappa shape index (κ3) is 3.85. The van der Waals surface area contributed by atoms with Crippen LogP contribution in [0, 0.1) is 5.92 Å². The standard InChI is InChI=1S/C17H21NS/c1-13(2)17(19-15-11-7-4-8-12-15)16(18)14-9-5-3-6-10-14/h3-13,16-17H,18H2,1-2H3. The molecule has 0 aliphatic rings.